The average molecular weight is 319 g/mol. The van der Waals surface area contributed by atoms with Crippen LogP contribution in [0, 0.1) is 0 Å². The summed E-state index contributed by atoms with van der Waals surface area (Å²) in [6.07, 6.45) is 0.616. The van der Waals surface area contributed by atoms with Gasteiger partial charge in [0, 0.05) is 23.7 Å². The molecule has 2 unspecified atom stereocenters. The quantitative estimate of drug-likeness (QED) is 0.657. The lowest BCUT2D eigenvalue weighted by molar-refractivity contribution is -0.109. The van der Waals surface area contributed by atoms with Gasteiger partial charge in [-0.2, -0.15) is 17.4 Å². The Morgan fingerprint density at radius 3 is 2.59 bits per heavy atom. The lowest BCUT2D eigenvalue weighted by Gasteiger charge is -2.24. The normalized spacial score (nSPS) is 22.7. The molecule has 1 fully saturated rings. The standard InChI is InChI=1S/C15H17N3O3S/c1-10(18-8-11(9-19)17-22(18,20)21)12-6-7-15(16)14-5-3-2-4-13(12)14/h2-7,9-11,17H,8,16H2,1H3. The summed E-state index contributed by atoms with van der Waals surface area (Å²) in [6.45, 7) is 1.94. The van der Waals surface area contributed by atoms with Crippen molar-refractivity contribution in [1.29, 1.82) is 0 Å². The number of hydrogen-bond acceptors (Lipinski definition) is 4. The largest absolute Gasteiger partial charge is 0.398 e. The van der Waals surface area contributed by atoms with E-state index in [9.17, 15) is 13.2 Å². The van der Waals surface area contributed by atoms with Crippen molar-refractivity contribution in [1.82, 2.24) is 9.03 Å². The molecule has 0 aliphatic carbocycles. The zero-order chi connectivity index (χ0) is 15.9. The Labute approximate surface area is 129 Å². The number of nitrogens with one attached hydrogen (secondary N) is 1. The van der Waals surface area contributed by atoms with E-state index in [1.807, 2.05) is 37.3 Å². The second-order valence-electron chi connectivity index (χ2n) is 5.40. The first-order valence-corrected chi connectivity index (χ1v) is 8.39. The third-order valence-electron chi connectivity index (χ3n) is 4.02. The first kappa shape index (κ1) is 15.0. The SMILES string of the molecule is CC(c1ccc(N)c2ccccc12)N1CC(C=O)NS1(=O)=O. The molecule has 1 aliphatic heterocycles. The van der Waals surface area contributed by atoms with E-state index in [1.165, 1.54) is 4.31 Å². The van der Waals surface area contributed by atoms with Crippen LogP contribution < -0.4 is 10.5 Å². The minimum Gasteiger partial charge on any atom is -0.398 e. The maximum absolute atomic E-state index is 12.2. The zero-order valence-electron chi connectivity index (χ0n) is 12.1. The van der Waals surface area contributed by atoms with Gasteiger partial charge in [0.15, 0.2) is 0 Å². The predicted molar refractivity (Wildman–Crippen MR) is 85.4 cm³/mol. The first-order valence-electron chi connectivity index (χ1n) is 6.95. The zero-order valence-corrected chi connectivity index (χ0v) is 12.9. The molecule has 3 N–H and O–H groups in total. The molecular weight excluding hydrogens is 302 g/mol. The van der Waals surface area contributed by atoms with Crippen molar-refractivity contribution in [2.75, 3.05) is 12.3 Å². The van der Waals surface area contributed by atoms with Gasteiger partial charge >= 0.3 is 0 Å². The molecule has 2 atom stereocenters. The number of carbonyl (C=O) groups excluding carboxylic acids is 1. The molecule has 116 valence electrons. The number of nitrogen functional groups attached to an aromatic ring is 1. The summed E-state index contributed by atoms with van der Waals surface area (Å²) in [5.74, 6) is 0. The fourth-order valence-corrected chi connectivity index (χ4v) is 4.43. The second-order valence-corrected chi connectivity index (χ2v) is 7.06. The van der Waals surface area contributed by atoms with Crippen molar-refractivity contribution < 1.29 is 13.2 Å². The van der Waals surface area contributed by atoms with Gasteiger partial charge in [-0.05, 0) is 23.9 Å². The number of rotatable bonds is 3. The van der Waals surface area contributed by atoms with Crippen LogP contribution in [0.5, 0.6) is 0 Å². The Hall–Kier alpha value is -1.96. The van der Waals surface area contributed by atoms with Gasteiger partial charge in [-0.25, -0.2) is 0 Å². The molecule has 0 bridgehead atoms. The molecule has 1 saturated heterocycles. The molecule has 2 aromatic rings. The highest BCUT2D eigenvalue weighted by Crippen LogP contribution is 2.33. The van der Waals surface area contributed by atoms with Crippen molar-refractivity contribution in [3.8, 4) is 0 Å². The van der Waals surface area contributed by atoms with Crippen molar-refractivity contribution in [3.63, 3.8) is 0 Å². The average Bonchev–Trinajstić information content (AvgIpc) is 2.82. The molecule has 0 saturated carbocycles. The molecule has 6 nitrogen and oxygen atoms in total. The molecule has 7 heteroatoms. The summed E-state index contributed by atoms with van der Waals surface area (Å²) in [6, 6.07) is 10.1. The highest BCUT2D eigenvalue weighted by Gasteiger charge is 2.39. The summed E-state index contributed by atoms with van der Waals surface area (Å²) in [4.78, 5) is 10.9. The number of nitrogens with two attached hydrogens (primary N) is 1. The highest BCUT2D eigenvalue weighted by atomic mass is 32.2. The van der Waals surface area contributed by atoms with Crippen LogP contribution >= 0.6 is 0 Å². The number of nitrogens with zero attached hydrogens (tertiary/aromatic N) is 1. The third-order valence-corrected chi connectivity index (χ3v) is 5.71. The summed E-state index contributed by atoms with van der Waals surface area (Å²) >= 11 is 0. The van der Waals surface area contributed by atoms with Crippen molar-refractivity contribution in [2.24, 2.45) is 0 Å². The van der Waals surface area contributed by atoms with Crippen LogP contribution in [0.3, 0.4) is 0 Å². The Morgan fingerprint density at radius 2 is 1.95 bits per heavy atom. The van der Waals surface area contributed by atoms with Crippen LogP contribution in [-0.4, -0.2) is 31.6 Å². The van der Waals surface area contributed by atoms with Gasteiger partial charge < -0.3 is 10.5 Å². The Morgan fingerprint density at radius 1 is 1.27 bits per heavy atom. The lowest BCUT2D eigenvalue weighted by atomic mass is 9.98. The van der Waals surface area contributed by atoms with E-state index in [-0.39, 0.29) is 6.54 Å². The topological polar surface area (TPSA) is 92.5 Å². The molecule has 0 aromatic heterocycles. The number of fused-ring (bicyclic) bond motifs is 1. The summed E-state index contributed by atoms with van der Waals surface area (Å²) in [7, 11) is -3.65. The highest BCUT2D eigenvalue weighted by molar-refractivity contribution is 7.87. The Balaban J connectivity index is 2.08. The van der Waals surface area contributed by atoms with Gasteiger partial charge in [-0.1, -0.05) is 30.3 Å². The van der Waals surface area contributed by atoms with E-state index in [1.54, 1.807) is 6.07 Å². The molecule has 2 aromatic carbocycles. The van der Waals surface area contributed by atoms with Gasteiger partial charge in [0.1, 0.15) is 6.29 Å². The van der Waals surface area contributed by atoms with E-state index >= 15 is 0 Å². The molecule has 0 amide bonds. The van der Waals surface area contributed by atoms with Gasteiger partial charge in [0.25, 0.3) is 10.2 Å². The number of anilines is 1. The molecule has 22 heavy (non-hydrogen) atoms. The number of hydrogen-bond donors (Lipinski definition) is 2. The maximum atomic E-state index is 12.2. The smallest absolute Gasteiger partial charge is 0.280 e. The van der Waals surface area contributed by atoms with Crippen LogP contribution in [0.4, 0.5) is 5.69 Å². The van der Waals surface area contributed by atoms with E-state index in [0.29, 0.717) is 12.0 Å². The van der Waals surface area contributed by atoms with Crippen LogP contribution in [0.15, 0.2) is 36.4 Å². The van der Waals surface area contributed by atoms with Gasteiger partial charge in [0.05, 0.1) is 6.04 Å². The minimum atomic E-state index is -3.65. The predicted octanol–water partition coefficient (Wildman–Crippen LogP) is 1.20. The molecule has 1 heterocycles. The number of carbonyl (C=O) groups is 1. The van der Waals surface area contributed by atoms with Crippen LogP contribution in [-0.2, 0) is 15.0 Å². The number of aldehydes is 1. The van der Waals surface area contributed by atoms with E-state index in [4.69, 9.17) is 5.73 Å². The summed E-state index contributed by atoms with van der Waals surface area (Å²) < 4.78 is 28.0. The Kier molecular flexibility index (Phi) is 3.64. The summed E-state index contributed by atoms with van der Waals surface area (Å²) in [5.41, 5.74) is 7.50. The fourth-order valence-electron chi connectivity index (χ4n) is 2.89. The van der Waals surface area contributed by atoms with Crippen molar-refractivity contribution in [3.05, 3.63) is 42.0 Å². The third kappa shape index (κ3) is 2.37. The van der Waals surface area contributed by atoms with Crippen LogP contribution in [0.2, 0.25) is 0 Å². The summed E-state index contributed by atoms with van der Waals surface area (Å²) in [5, 5.41) is 1.81. The number of benzene rings is 2. The van der Waals surface area contributed by atoms with E-state index < -0.39 is 22.3 Å². The monoisotopic (exact) mass is 319 g/mol. The lowest BCUT2D eigenvalue weighted by Crippen LogP contribution is -2.32. The molecule has 0 radical (unpaired) electrons. The van der Waals surface area contributed by atoms with Crippen molar-refractivity contribution in [2.45, 2.75) is 19.0 Å². The van der Waals surface area contributed by atoms with Crippen molar-refractivity contribution >= 4 is 33.0 Å². The Bertz CT molecular complexity index is 835. The second kappa shape index (κ2) is 5.35. The van der Waals surface area contributed by atoms with Gasteiger partial charge in [0.2, 0.25) is 0 Å². The van der Waals surface area contributed by atoms with E-state index in [0.717, 1.165) is 16.3 Å². The first-order chi connectivity index (χ1) is 10.4. The fraction of sp³-hybridized carbons (Fsp3) is 0.267. The molecule has 0 spiro atoms. The van der Waals surface area contributed by atoms with Gasteiger partial charge in [-0.15, -0.1) is 0 Å². The van der Waals surface area contributed by atoms with Crippen LogP contribution in [0.1, 0.15) is 18.5 Å². The maximum Gasteiger partial charge on any atom is 0.280 e. The van der Waals surface area contributed by atoms with E-state index in [2.05, 4.69) is 4.72 Å². The molecular formula is C15H17N3O3S. The molecule has 1 aliphatic rings. The van der Waals surface area contributed by atoms with Crippen LogP contribution in [0.25, 0.3) is 10.8 Å². The molecule has 3 rings (SSSR count). The van der Waals surface area contributed by atoms with Gasteiger partial charge in [-0.3, -0.25) is 0 Å². The minimum absolute atomic E-state index is 0.131.